The molecule has 2 heteroatoms. The van der Waals surface area contributed by atoms with Crippen molar-refractivity contribution in [1.29, 1.82) is 0 Å². The Labute approximate surface area is 92.7 Å². The SMILES string of the molecule is OCC1(C2(O)CCC2)CCCCCCC1. The molecular formula is C13H24O2. The molecule has 2 saturated carbocycles. The quantitative estimate of drug-likeness (QED) is 0.738. The van der Waals surface area contributed by atoms with Crippen LogP contribution in [0.15, 0.2) is 0 Å². The van der Waals surface area contributed by atoms with Gasteiger partial charge in [0.1, 0.15) is 0 Å². The van der Waals surface area contributed by atoms with Crippen molar-refractivity contribution in [2.75, 3.05) is 6.61 Å². The molecule has 0 amide bonds. The fourth-order valence-electron chi connectivity index (χ4n) is 3.39. The molecule has 0 atom stereocenters. The zero-order valence-electron chi connectivity index (χ0n) is 9.67. The summed E-state index contributed by atoms with van der Waals surface area (Å²) in [5.41, 5.74) is -0.690. The van der Waals surface area contributed by atoms with E-state index < -0.39 is 5.60 Å². The molecule has 88 valence electrons. The lowest BCUT2D eigenvalue weighted by molar-refractivity contribution is -0.167. The number of rotatable bonds is 2. The minimum atomic E-state index is -0.529. The van der Waals surface area contributed by atoms with Crippen molar-refractivity contribution in [3.63, 3.8) is 0 Å². The molecule has 0 radical (unpaired) electrons. The molecule has 0 spiro atoms. The molecule has 2 aliphatic rings. The van der Waals surface area contributed by atoms with Crippen LogP contribution in [-0.2, 0) is 0 Å². The molecule has 2 fully saturated rings. The van der Waals surface area contributed by atoms with Gasteiger partial charge in [0, 0.05) is 5.41 Å². The maximum atomic E-state index is 10.5. The molecular weight excluding hydrogens is 188 g/mol. The summed E-state index contributed by atoms with van der Waals surface area (Å²) in [5.74, 6) is 0. The highest BCUT2D eigenvalue weighted by molar-refractivity contribution is 5.03. The molecule has 0 bridgehead atoms. The van der Waals surface area contributed by atoms with Crippen LogP contribution in [0.25, 0.3) is 0 Å². The lowest BCUT2D eigenvalue weighted by atomic mass is 9.57. The van der Waals surface area contributed by atoms with Gasteiger partial charge in [-0.3, -0.25) is 0 Å². The van der Waals surface area contributed by atoms with Gasteiger partial charge in [0.05, 0.1) is 12.2 Å². The third-order valence-corrected chi connectivity index (χ3v) is 4.78. The summed E-state index contributed by atoms with van der Waals surface area (Å²) in [4.78, 5) is 0. The van der Waals surface area contributed by atoms with Crippen LogP contribution in [0.3, 0.4) is 0 Å². The summed E-state index contributed by atoms with van der Waals surface area (Å²) in [7, 11) is 0. The number of aliphatic hydroxyl groups excluding tert-OH is 1. The lowest BCUT2D eigenvalue weighted by Crippen LogP contribution is -2.55. The normalized spacial score (nSPS) is 30.0. The minimum Gasteiger partial charge on any atom is -0.396 e. The Balaban J connectivity index is 2.09. The van der Waals surface area contributed by atoms with E-state index in [0.717, 1.165) is 32.1 Å². The summed E-state index contributed by atoms with van der Waals surface area (Å²) in [6, 6.07) is 0. The van der Waals surface area contributed by atoms with E-state index in [1.807, 2.05) is 0 Å². The largest absolute Gasteiger partial charge is 0.396 e. The molecule has 0 unspecified atom stereocenters. The molecule has 2 nitrogen and oxygen atoms in total. The predicted octanol–water partition coefficient (Wildman–Crippen LogP) is 2.62. The fraction of sp³-hybridized carbons (Fsp3) is 1.00. The Hall–Kier alpha value is -0.0800. The highest BCUT2D eigenvalue weighted by Crippen LogP contribution is 2.52. The molecule has 0 aliphatic heterocycles. The topological polar surface area (TPSA) is 40.5 Å². The van der Waals surface area contributed by atoms with Crippen LogP contribution >= 0.6 is 0 Å². The maximum absolute atomic E-state index is 10.5. The smallest absolute Gasteiger partial charge is 0.0725 e. The van der Waals surface area contributed by atoms with Crippen molar-refractivity contribution < 1.29 is 10.2 Å². The van der Waals surface area contributed by atoms with Gasteiger partial charge in [-0.05, 0) is 32.1 Å². The van der Waals surface area contributed by atoms with Gasteiger partial charge >= 0.3 is 0 Å². The van der Waals surface area contributed by atoms with Crippen molar-refractivity contribution in [1.82, 2.24) is 0 Å². The minimum absolute atomic E-state index is 0.161. The van der Waals surface area contributed by atoms with E-state index in [2.05, 4.69) is 0 Å². The van der Waals surface area contributed by atoms with Crippen LogP contribution in [0.5, 0.6) is 0 Å². The van der Waals surface area contributed by atoms with E-state index in [0.29, 0.717) is 0 Å². The van der Waals surface area contributed by atoms with Crippen molar-refractivity contribution in [3.05, 3.63) is 0 Å². The van der Waals surface area contributed by atoms with Gasteiger partial charge in [-0.25, -0.2) is 0 Å². The molecule has 0 heterocycles. The van der Waals surface area contributed by atoms with Gasteiger partial charge in [0.15, 0.2) is 0 Å². The fourth-order valence-corrected chi connectivity index (χ4v) is 3.39. The van der Waals surface area contributed by atoms with Crippen molar-refractivity contribution in [2.24, 2.45) is 5.41 Å². The summed E-state index contributed by atoms with van der Waals surface area (Å²) in [6.45, 7) is 0.184. The summed E-state index contributed by atoms with van der Waals surface area (Å²) < 4.78 is 0. The van der Waals surface area contributed by atoms with Crippen LogP contribution in [0.2, 0.25) is 0 Å². The van der Waals surface area contributed by atoms with Crippen LogP contribution in [-0.4, -0.2) is 22.4 Å². The van der Waals surface area contributed by atoms with E-state index in [-0.39, 0.29) is 12.0 Å². The van der Waals surface area contributed by atoms with Crippen molar-refractivity contribution in [2.45, 2.75) is 69.8 Å². The maximum Gasteiger partial charge on any atom is 0.0725 e. The van der Waals surface area contributed by atoms with Crippen LogP contribution in [0.1, 0.15) is 64.2 Å². The molecule has 0 saturated heterocycles. The van der Waals surface area contributed by atoms with E-state index in [1.165, 1.54) is 32.1 Å². The van der Waals surface area contributed by atoms with Gasteiger partial charge in [0.2, 0.25) is 0 Å². The average Bonchev–Trinajstić information content (AvgIpc) is 2.15. The molecule has 0 aromatic rings. The number of hydrogen-bond acceptors (Lipinski definition) is 2. The van der Waals surface area contributed by atoms with Crippen LogP contribution < -0.4 is 0 Å². The van der Waals surface area contributed by atoms with Gasteiger partial charge in [0.25, 0.3) is 0 Å². The number of hydrogen-bond donors (Lipinski definition) is 2. The second kappa shape index (κ2) is 4.42. The van der Waals surface area contributed by atoms with E-state index in [4.69, 9.17) is 0 Å². The van der Waals surface area contributed by atoms with Crippen molar-refractivity contribution in [3.8, 4) is 0 Å². The van der Waals surface area contributed by atoms with Gasteiger partial charge in [-0.1, -0.05) is 32.1 Å². The molecule has 0 aromatic heterocycles. The first kappa shape index (κ1) is 11.4. The van der Waals surface area contributed by atoms with E-state index in [1.54, 1.807) is 0 Å². The first-order chi connectivity index (χ1) is 7.22. The van der Waals surface area contributed by atoms with Gasteiger partial charge in [-0.15, -0.1) is 0 Å². The summed E-state index contributed by atoms with van der Waals surface area (Å²) in [5, 5.41) is 20.2. The Bertz CT molecular complexity index is 201. The zero-order chi connectivity index (χ0) is 10.8. The molecule has 15 heavy (non-hydrogen) atoms. The first-order valence-electron chi connectivity index (χ1n) is 6.56. The third kappa shape index (κ3) is 1.94. The second-order valence-electron chi connectivity index (χ2n) is 5.59. The standard InChI is InChI=1S/C13H24O2/c14-11-12(13(15)9-6-10-13)7-4-2-1-3-5-8-12/h14-15H,1-11H2. The monoisotopic (exact) mass is 212 g/mol. The van der Waals surface area contributed by atoms with Crippen molar-refractivity contribution >= 4 is 0 Å². The second-order valence-corrected chi connectivity index (χ2v) is 5.59. The zero-order valence-corrected chi connectivity index (χ0v) is 9.67. The summed E-state index contributed by atoms with van der Waals surface area (Å²) >= 11 is 0. The molecule has 0 aromatic carbocycles. The van der Waals surface area contributed by atoms with E-state index >= 15 is 0 Å². The third-order valence-electron chi connectivity index (χ3n) is 4.78. The van der Waals surface area contributed by atoms with E-state index in [9.17, 15) is 10.2 Å². The van der Waals surface area contributed by atoms with Crippen LogP contribution in [0.4, 0.5) is 0 Å². The van der Waals surface area contributed by atoms with Crippen LogP contribution in [0, 0.1) is 5.41 Å². The Morgan fingerprint density at radius 2 is 1.27 bits per heavy atom. The van der Waals surface area contributed by atoms with Gasteiger partial charge < -0.3 is 10.2 Å². The predicted molar refractivity (Wildman–Crippen MR) is 60.6 cm³/mol. The highest BCUT2D eigenvalue weighted by Gasteiger charge is 2.52. The molecule has 2 N–H and O–H groups in total. The number of aliphatic hydroxyl groups is 2. The lowest BCUT2D eigenvalue weighted by Gasteiger charge is -2.53. The Morgan fingerprint density at radius 1 is 0.733 bits per heavy atom. The highest BCUT2D eigenvalue weighted by atomic mass is 16.3. The Morgan fingerprint density at radius 3 is 1.67 bits per heavy atom. The average molecular weight is 212 g/mol. The Kier molecular flexibility index (Phi) is 3.36. The molecule has 2 aliphatic carbocycles. The van der Waals surface area contributed by atoms with Gasteiger partial charge in [-0.2, -0.15) is 0 Å². The molecule has 2 rings (SSSR count). The summed E-state index contributed by atoms with van der Waals surface area (Å²) in [6.07, 6.45) is 11.3. The first-order valence-corrected chi connectivity index (χ1v) is 6.56.